The molecule has 4 rings (SSSR count). The van der Waals surface area contributed by atoms with Gasteiger partial charge >= 0.3 is 0 Å². The Labute approximate surface area is 182 Å². The van der Waals surface area contributed by atoms with Crippen molar-refractivity contribution in [3.05, 3.63) is 118 Å². The first-order chi connectivity index (χ1) is 14.2. The van der Waals surface area contributed by atoms with Crippen LogP contribution < -0.4 is 0 Å². The van der Waals surface area contributed by atoms with Crippen molar-refractivity contribution in [1.29, 1.82) is 0 Å². The van der Waals surface area contributed by atoms with Crippen LogP contribution in [0.5, 0.6) is 0 Å². The molecule has 0 radical (unpaired) electrons. The van der Waals surface area contributed by atoms with E-state index in [9.17, 15) is 0 Å². The number of hydrogen-bond acceptors (Lipinski definition) is 0. The van der Waals surface area contributed by atoms with Crippen molar-refractivity contribution in [3.8, 4) is 0 Å². The van der Waals surface area contributed by atoms with Gasteiger partial charge in [-0.15, -0.1) is 0 Å². The van der Waals surface area contributed by atoms with E-state index in [-0.39, 0.29) is 16.2 Å². The van der Waals surface area contributed by atoms with Crippen molar-refractivity contribution in [2.45, 2.75) is 53.9 Å². The second-order valence-electron chi connectivity index (χ2n) is 9.61. The summed E-state index contributed by atoms with van der Waals surface area (Å²) in [6.45, 7) is 16.4. The first-order valence-electron chi connectivity index (χ1n) is 11.1. The third-order valence-electron chi connectivity index (χ3n) is 8.45. The molecule has 0 aliphatic heterocycles. The maximum absolute atomic E-state index is 2.54. The van der Waals surface area contributed by atoms with Crippen LogP contribution in [0.2, 0.25) is 0 Å². The highest BCUT2D eigenvalue weighted by atomic mass is 14.6. The minimum absolute atomic E-state index is 0.156. The van der Waals surface area contributed by atoms with E-state index in [1.54, 1.807) is 0 Å². The molecule has 0 N–H and O–H groups in total. The first kappa shape index (κ1) is 20.7. The van der Waals surface area contributed by atoms with Gasteiger partial charge in [-0.25, -0.2) is 0 Å². The van der Waals surface area contributed by atoms with E-state index in [1.807, 2.05) is 0 Å². The maximum atomic E-state index is 2.54. The number of allylic oxidation sites excluding steroid dienone is 8. The summed E-state index contributed by atoms with van der Waals surface area (Å²) in [5.74, 6) is 0. The SMILES string of the molecule is CC1=CC(C)(C(c2ccccc2)(c2ccccc2)C2(C)C=CC(C)=C2C)C(C)=C1C. The Bertz CT molecular complexity index is 1050. The molecular weight excluding hydrogens is 360 g/mol. The van der Waals surface area contributed by atoms with Crippen LogP contribution >= 0.6 is 0 Å². The number of hydrogen-bond donors (Lipinski definition) is 0. The van der Waals surface area contributed by atoms with E-state index in [1.165, 1.54) is 39.0 Å². The Balaban J connectivity index is 2.23. The highest BCUT2D eigenvalue weighted by Gasteiger charge is 2.62. The molecule has 30 heavy (non-hydrogen) atoms. The summed E-state index contributed by atoms with van der Waals surface area (Å²) in [4.78, 5) is 0. The minimum Gasteiger partial charge on any atom is -0.0730 e. The molecule has 2 aliphatic rings. The van der Waals surface area contributed by atoms with Crippen molar-refractivity contribution in [3.63, 3.8) is 0 Å². The van der Waals surface area contributed by atoms with Crippen molar-refractivity contribution in [2.75, 3.05) is 0 Å². The molecule has 0 amide bonds. The van der Waals surface area contributed by atoms with Gasteiger partial charge in [-0.1, -0.05) is 115 Å². The molecule has 0 aromatic heterocycles. The monoisotopic (exact) mass is 394 g/mol. The van der Waals surface area contributed by atoms with Crippen molar-refractivity contribution in [2.24, 2.45) is 10.8 Å². The summed E-state index contributed by atoms with van der Waals surface area (Å²) in [5, 5.41) is 0. The number of rotatable bonds is 4. The van der Waals surface area contributed by atoms with Gasteiger partial charge in [-0.3, -0.25) is 0 Å². The number of benzene rings is 2. The van der Waals surface area contributed by atoms with Crippen LogP contribution in [-0.2, 0) is 5.41 Å². The smallest absolute Gasteiger partial charge is 0.0453 e. The molecule has 0 fully saturated rings. The molecule has 0 spiro atoms. The third-order valence-corrected chi connectivity index (χ3v) is 8.45. The van der Waals surface area contributed by atoms with Crippen molar-refractivity contribution >= 4 is 0 Å². The fourth-order valence-corrected chi connectivity index (χ4v) is 6.36. The van der Waals surface area contributed by atoms with E-state index >= 15 is 0 Å². The second kappa shape index (κ2) is 6.98. The standard InChI is InChI=1S/C30H34/c1-21-18-19-28(6,24(21)4)30(26-14-10-8-11-15-26,27-16-12-9-13-17-27)29(7)20-22(2)23(3)25(29)5/h8-20H,1-7H3. The maximum Gasteiger partial charge on any atom is 0.0453 e. The molecule has 2 atom stereocenters. The average Bonchev–Trinajstić information content (AvgIpc) is 3.13. The minimum atomic E-state index is -0.274. The third kappa shape index (κ3) is 2.46. The van der Waals surface area contributed by atoms with Crippen molar-refractivity contribution < 1.29 is 0 Å². The highest BCUT2D eigenvalue weighted by Crippen LogP contribution is 2.67. The Kier molecular flexibility index (Phi) is 4.81. The second-order valence-corrected chi connectivity index (χ2v) is 9.61. The molecule has 2 aromatic rings. The molecule has 154 valence electrons. The zero-order valence-corrected chi connectivity index (χ0v) is 19.5. The van der Waals surface area contributed by atoms with Crippen LogP contribution in [0.15, 0.2) is 107 Å². The largest absolute Gasteiger partial charge is 0.0730 e. The van der Waals surface area contributed by atoms with Gasteiger partial charge in [-0.2, -0.15) is 0 Å². The fourth-order valence-electron chi connectivity index (χ4n) is 6.36. The van der Waals surface area contributed by atoms with E-state index in [4.69, 9.17) is 0 Å². The lowest BCUT2D eigenvalue weighted by Crippen LogP contribution is -2.54. The van der Waals surface area contributed by atoms with Crippen LogP contribution in [0.3, 0.4) is 0 Å². The quantitative estimate of drug-likeness (QED) is 0.490. The summed E-state index contributed by atoms with van der Waals surface area (Å²) in [6.07, 6.45) is 7.33. The lowest BCUT2D eigenvalue weighted by atomic mass is 9.44. The molecule has 0 saturated heterocycles. The lowest BCUT2D eigenvalue weighted by molar-refractivity contribution is 0.170. The zero-order valence-electron chi connectivity index (χ0n) is 19.5. The van der Waals surface area contributed by atoms with E-state index < -0.39 is 0 Å². The summed E-state index contributed by atoms with van der Waals surface area (Å²) < 4.78 is 0. The highest BCUT2D eigenvalue weighted by molar-refractivity contribution is 5.61. The van der Waals surface area contributed by atoms with Gasteiger partial charge in [0.15, 0.2) is 0 Å². The van der Waals surface area contributed by atoms with E-state index in [0.29, 0.717) is 0 Å². The van der Waals surface area contributed by atoms with E-state index in [2.05, 4.69) is 127 Å². The molecule has 0 heteroatoms. The summed E-state index contributed by atoms with van der Waals surface area (Å²) in [5.41, 5.74) is 9.30. The first-order valence-corrected chi connectivity index (χ1v) is 11.1. The Hall–Kier alpha value is -2.60. The average molecular weight is 395 g/mol. The molecular formula is C30H34. The molecule has 2 aliphatic carbocycles. The summed E-state index contributed by atoms with van der Waals surface area (Å²) in [7, 11) is 0. The van der Waals surface area contributed by atoms with Crippen LogP contribution in [0.4, 0.5) is 0 Å². The van der Waals surface area contributed by atoms with Gasteiger partial charge in [0.25, 0.3) is 0 Å². The molecule has 0 saturated carbocycles. The summed E-state index contributed by atoms with van der Waals surface area (Å²) in [6, 6.07) is 22.4. The lowest BCUT2D eigenvalue weighted by Gasteiger charge is -2.57. The van der Waals surface area contributed by atoms with Crippen LogP contribution in [-0.4, -0.2) is 0 Å². The van der Waals surface area contributed by atoms with Crippen molar-refractivity contribution in [1.82, 2.24) is 0 Å². The van der Waals surface area contributed by atoms with Gasteiger partial charge in [0.1, 0.15) is 0 Å². The van der Waals surface area contributed by atoms with Crippen LogP contribution in [0, 0.1) is 10.8 Å². The molecule has 2 unspecified atom stereocenters. The van der Waals surface area contributed by atoms with Crippen LogP contribution in [0.1, 0.15) is 59.6 Å². The normalized spacial score (nSPS) is 26.6. The van der Waals surface area contributed by atoms with Gasteiger partial charge in [-0.05, 0) is 51.3 Å². The molecule has 2 aromatic carbocycles. The molecule has 0 nitrogen and oxygen atoms in total. The topological polar surface area (TPSA) is 0 Å². The van der Waals surface area contributed by atoms with Gasteiger partial charge in [0.2, 0.25) is 0 Å². The van der Waals surface area contributed by atoms with Gasteiger partial charge < -0.3 is 0 Å². The predicted octanol–water partition coefficient (Wildman–Crippen LogP) is 8.19. The Morgan fingerprint density at radius 1 is 0.633 bits per heavy atom. The zero-order chi connectivity index (χ0) is 21.7. The Morgan fingerprint density at radius 3 is 1.50 bits per heavy atom. The summed E-state index contributed by atoms with van der Waals surface area (Å²) >= 11 is 0. The Morgan fingerprint density at radius 2 is 1.13 bits per heavy atom. The molecule has 0 bridgehead atoms. The predicted molar refractivity (Wildman–Crippen MR) is 130 cm³/mol. The van der Waals surface area contributed by atoms with Gasteiger partial charge in [0, 0.05) is 16.2 Å². The van der Waals surface area contributed by atoms with Gasteiger partial charge in [0.05, 0.1) is 0 Å². The fraction of sp³-hybridized carbons (Fsp3) is 0.333. The van der Waals surface area contributed by atoms with E-state index in [0.717, 1.165) is 0 Å². The molecule has 0 heterocycles. The van der Waals surface area contributed by atoms with Crippen LogP contribution in [0.25, 0.3) is 0 Å².